The van der Waals surface area contributed by atoms with Gasteiger partial charge in [0.05, 0.1) is 11.0 Å². The molecule has 1 rings (SSSR count). The van der Waals surface area contributed by atoms with Crippen molar-refractivity contribution >= 4 is 5.69 Å². The summed E-state index contributed by atoms with van der Waals surface area (Å²) in [5.74, 6) is 0. The summed E-state index contributed by atoms with van der Waals surface area (Å²) in [6.45, 7) is 3.86. The van der Waals surface area contributed by atoms with Crippen molar-refractivity contribution in [3.05, 3.63) is 39.4 Å². The first-order valence-corrected chi connectivity index (χ1v) is 4.37. The Balaban J connectivity index is 3.18. The molecule has 0 unspecified atom stereocenters. The molecule has 0 saturated heterocycles. The monoisotopic (exact) mass is 178 g/mol. The molecule has 3 nitrogen and oxygen atoms in total. The smallest absolute Gasteiger partial charge is 0.258 e. The summed E-state index contributed by atoms with van der Waals surface area (Å²) in [4.78, 5) is 10.3. The molecule has 0 heterocycles. The van der Waals surface area contributed by atoms with Crippen LogP contribution in [0.3, 0.4) is 0 Å². The maximum absolute atomic E-state index is 10.6. The number of nitro groups is 1. The molecule has 69 valence electrons. The Morgan fingerprint density at radius 3 is 2.54 bits per heavy atom. The second kappa shape index (κ2) is 4.03. The number of rotatable bonds is 3. The van der Waals surface area contributed by atoms with E-state index in [9.17, 15) is 10.1 Å². The highest BCUT2D eigenvalue weighted by Crippen LogP contribution is 2.20. The highest BCUT2D eigenvalue weighted by atomic mass is 16.6. The molecule has 1 aromatic carbocycles. The lowest BCUT2D eigenvalue weighted by Gasteiger charge is -2.00. The van der Waals surface area contributed by atoms with Crippen LogP contribution < -0.4 is 0 Å². The maximum Gasteiger partial charge on any atom is 0.280 e. The first-order valence-electron chi connectivity index (χ1n) is 4.37. The predicted molar refractivity (Wildman–Crippen MR) is 50.7 cm³/mol. The van der Waals surface area contributed by atoms with Crippen LogP contribution in [0.15, 0.2) is 12.1 Å². The second-order valence-corrected chi connectivity index (χ2v) is 2.82. The van der Waals surface area contributed by atoms with Crippen molar-refractivity contribution in [1.82, 2.24) is 0 Å². The number of benzene rings is 1. The Morgan fingerprint density at radius 2 is 2.08 bits per heavy atom. The summed E-state index contributed by atoms with van der Waals surface area (Å²) in [6, 6.07) is 6.52. The van der Waals surface area contributed by atoms with Crippen LogP contribution >= 0.6 is 0 Å². The zero-order chi connectivity index (χ0) is 9.84. The lowest BCUT2D eigenvalue weighted by Crippen LogP contribution is -1.96. The molecule has 0 bridgehead atoms. The van der Waals surface area contributed by atoms with Crippen LogP contribution in [-0.4, -0.2) is 4.92 Å². The first-order chi connectivity index (χ1) is 6.19. The number of nitrogens with zero attached hydrogens (tertiary/aromatic N) is 1. The van der Waals surface area contributed by atoms with Crippen LogP contribution in [-0.2, 0) is 12.8 Å². The molecule has 1 aromatic rings. The van der Waals surface area contributed by atoms with E-state index in [1.165, 1.54) is 0 Å². The van der Waals surface area contributed by atoms with E-state index >= 15 is 0 Å². The zero-order valence-electron chi connectivity index (χ0n) is 7.83. The van der Waals surface area contributed by atoms with Crippen LogP contribution in [0.4, 0.5) is 5.69 Å². The summed E-state index contributed by atoms with van der Waals surface area (Å²) in [5.41, 5.74) is 1.77. The van der Waals surface area contributed by atoms with Crippen molar-refractivity contribution in [2.75, 3.05) is 0 Å². The van der Waals surface area contributed by atoms with E-state index in [0.29, 0.717) is 6.42 Å². The van der Waals surface area contributed by atoms with Gasteiger partial charge in [-0.3, -0.25) is 10.1 Å². The minimum atomic E-state index is -0.363. The second-order valence-electron chi connectivity index (χ2n) is 2.82. The fourth-order valence-corrected chi connectivity index (χ4v) is 1.21. The van der Waals surface area contributed by atoms with Gasteiger partial charge in [0.15, 0.2) is 0 Å². The number of aryl methyl sites for hydroxylation is 2. The quantitative estimate of drug-likeness (QED) is 0.527. The average molecular weight is 178 g/mol. The molecule has 13 heavy (non-hydrogen) atoms. The lowest BCUT2D eigenvalue weighted by molar-refractivity contribution is -0.385. The molecule has 0 saturated carbocycles. The largest absolute Gasteiger partial charge is 0.280 e. The summed E-state index contributed by atoms with van der Waals surface area (Å²) in [7, 11) is 0. The van der Waals surface area contributed by atoms with E-state index in [0.717, 1.165) is 17.5 Å². The minimum Gasteiger partial charge on any atom is -0.258 e. The Kier molecular flexibility index (Phi) is 3.01. The van der Waals surface area contributed by atoms with Gasteiger partial charge in [0.25, 0.3) is 5.69 Å². The first kappa shape index (κ1) is 9.71. The van der Waals surface area contributed by atoms with Gasteiger partial charge in [-0.2, -0.15) is 0 Å². The van der Waals surface area contributed by atoms with Crippen molar-refractivity contribution in [3.63, 3.8) is 0 Å². The van der Waals surface area contributed by atoms with Gasteiger partial charge in [-0.05, 0) is 18.4 Å². The predicted octanol–water partition coefficient (Wildman–Crippen LogP) is 2.52. The SMILES string of the molecule is CCc1[c]c([N+](=O)[O-])c(CC)cc1. The van der Waals surface area contributed by atoms with E-state index in [4.69, 9.17) is 0 Å². The van der Waals surface area contributed by atoms with Gasteiger partial charge in [0, 0.05) is 5.56 Å². The molecule has 0 aromatic heterocycles. The van der Waals surface area contributed by atoms with Crippen LogP contribution in [0.2, 0.25) is 0 Å². The van der Waals surface area contributed by atoms with Gasteiger partial charge in [-0.25, -0.2) is 0 Å². The van der Waals surface area contributed by atoms with Crippen molar-refractivity contribution < 1.29 is 4.92 Å². The topological polar surface area (TPSA) is 43.1 Å². The molecule has 0 atom stereocenters. The average Bonchev–Trinajstić information content (AvgIpc) is 2.16. The minimum absolute atomic E-state index is 0.127. The summed E-state index contributed by atoms with van der Waals surface area (Å²) >= 11 is 0. The molecule has 0 aliphatic heterocycles. The number of hydrogen-bond acceptors (Lipinski definition) is 2. The Labute approximate surface area is 77.5 Å². The number of hydrogen-bond donors (Lipinski definition) is 0. The summed E-state index contributed by atoms with van der Waals surface area (Å²) in [5, 5.41) is 10.6. The van der Waals surface area contributed by atoms with Crippen LogP contribution in [0.5, 0.6) is 0 Å². The molecule has 0 spiro atoms. The van der Waals surface area contributed by atoms with Crippen molar-refractivity contribution in [1.29, 1.82) is 0 Å². The van der Waals surface area contributed by atoms with E-state index < -0.39 is 0 Å². The third kappa shape index (κ3) is 2.05. The van der Waals surface area contributed by atoms with Crippen LogP contribution in [0.25, 0.3) is 0 Å². The molecular weight excluding hydrogens is 166 g/mol. The third-order valence-electron chi connectivity index (χ3n) is 2.01. The molecule has 0 fully saturated rings. The van der Waals surface area contributed by atoms with Gasteiger partial charge in [0.2, 0.25) is 0 Å². The Hall–Kier alpha value is -1.38. The Bertz CT molecular complexity index is 321. The Morgan fingerprint density at radius 1 is 1.38 bits per heavy atom. The maximum atomic E-state index is 10.6. The molecule has 3 heteroatoms. The molecule has 0 aliphatic rings. The van der Waals surface area contributed by atoms with Gasteiger partial charge in [0.1, 0.15) is 0 Å². The van der Waals surface area contributed by atoms with Crippen molar-refractivity contribution in [2.24, 2.45) is 0 Å². The third-order valence-corrected chi connectivity index (χ3v) is 2.01. The molecule has 0 aliphatic carbocycles. The van der Waals surface area contributed by atoms with Gasteiger partial charge < -0.3 is 0 Å². The normalized spacial score (nSPS) is 10.0. The van der Waals surface area contributed by atoms with Crippen molar-refractivity contribution in [2.45, 2.75) is 26.7 Å². The molecule has 0 amide bonds. The lowest BCUT2D eigenvalue weighted by atomic mass is 10.1. The van der Waals surface area contributed by atoms with E-state index in [-0.39, 0.29) is 10.6 Å². The van der Waals surface area contributed by atoms with Crippen LogP contribution in [0, 0.1) is 16.2 Å². The summed E-state index contributed by atoms with van der Waals surface area (Å²) < 4.78 is 0. The standard InChI is InChI=1S/C10H12NO2/c1-3-8-5-6-9(4-2)10(7-8)11(12)13/h5-6H,3-4H2,1-2H3. The van der Waals surface area contributed by atoms with Crippen molar-refractivity contribution in [3.8, 4) is 0 Å². The molecular formula is C10H12NO2. The summed E-state index contributed by atoms with van der Waals surface area (Å²) in [6.07, 6.45) is 1.46. The molecule has 0 N–H and O–H groups in total. The van der Waals surface area contributed by atoms with Gasteiger partial charge >= 0.3 is 0 Å². The highest BCUT2D eigenvalue weighted by Gasteiger charge is 2.12. The molecule has 1 radical (unpaired) electrons. The van der Waals surface area contributed by atoms with E-state index in [1.54, 1.807) is 0 Å². The van der Waals surface area contributed by atoms with Gasteiger partial charge in [-0.15, -0.1) is 0 Å². The fourth-order valence-electron chi connectivity index (χ4n) is 1.21. The zero-order valence-corrected chi connectivity index (χ0v) is 7.83. The highest BCUT2D eigenvalue weighted by molar-refractivity contribution is 5.41. The van der Waals surface area contributed by atoms with E-state index in [1.807, 2.05) is 26.0 Å². The van der Waals surface area contributed by atoms with Crippen LogP contribution in [0.1, 0.15) is 25.0 Å². The van der Waals surface area contributed by atoms with Gasteiger partial charge in [-0.1, -0.05) is 26.0 Å². The van der Waals surface area contributed by atoms with E-state index in [2.05, 4.69) is 6.07 Å². The number of nitro benzene ring substituents is 1. The fraction of sp³-hybridized carbons (Fsp3) is 0.400.